The molecular formula is C12H17N7O2. The summed E-state index contributed by atoms with van der Waals surface area (Å²) in [6.07, 6.45) is 3.61. The number of esters is 1. The molecule has 0 amide bonds. The highest BCUT2D eigenvalue weighted by molar-refractivity contribution is 5.69. The van der Waals surface area contributed by atoms with Crippen LogP contribution in [0.3, 0.4) is 0 Å². The maximum Gasteiger partial charge on any atom is 0.307 e. The number of hydrogen-bond donors (Lipinski definition) is 2. The van der Waals surface area contributed by atoms with Crippen molar-refractivity contribution < 1.29 is 9.53 Å². The third-order valence-electron chi connectivity index (χ3n) is 2.51. The summed E-state index contributed by atoms with van der Waals surface area (Å²) in [6, 6.07) is 1.78. The van der Waals surface area contributed by atoms with E-state index in [1.54, 1.807) is 18.5 Å². The topological polar surface area (TPSA) is 107 Å². The molecule has 112 valence electrons. The first kappa shape index (κ1) is 14.7. The van der Waals surface area contributed by atoms with Crippen molar-refractivity contribution in [3.8, 4) is 5.95 Å². The van der Waals surface area contributed by atoms with Crippen LogP contribution in [0, 0.1) is 0 Å². The van der Waals surface area contributed by atoms with Crippen LogP contribution in [0.4, 0.5) is 11.9 Å². The number of carbonyl (C=O) groups excluding carboxylic acids is 1. The van der Waals surface area contributed by atoms with Crippen LogP contribution in [0.2, 0.25) is 0 Å². The fourth-order valence-corrected chi connectivity index (χ4v) is 1.55. The van der Waals surface area contributed by atoms with Crippen molar-refractivity contribution in [3.63, 3.8) is 0 Å². The van der Waals surface area contributed by atoms with Crippen molar-refractivity contribution in [2.24, 2.45) is 0 Å². The molecule has 2 rings (SSSR count). The van der Waals surface area contributed by atoms with Crippen LogP contribution in [0.5, 0.6) is 0 Å². The highest BCUT2D eigenvalue weighted by atomic mass is 16.5. The maximum absolute atomic E-state index is 11.1. The monoisotopic (exact) mass is 291 g/mol. The summed E-state index contributed by atoms with van der Waals surface area (Å²) in [4.78, 5) is 23.8. The summed E-state index contributed by atoms with van der Waals surface area (Å²) in [5.41, 5.74) is 0. The second kappa shape index (κ2) is 7.17. The van der Waals surface area contributed by atoms with Gasteiger partial charge in [-0.2, -0.15) is 20.1 Å². The molecule has 21 heavy (non-hydrogen) atoms. The van der Waals surface area contributed by atoms with Gasteiger partial charge in [-0.3, -0.25) is 4.79 Å². The molecule has 9 nitrogen and oxygen atoms in total. The predicted octanol–water partition coefficient (Wildman–Crippen LogP) is 0.464. The minimum atomic E-state index is -0.296. The first-order valence-corrected chi connectivity index (χ1v) is 6.53. The van der Waals surface area contributed by atoms with Crippen LogP contribution in [0.25, 0.3) is 5.95 Å². The Morgan fingerprint density at radius 2 is 2.05 bits per heavy atom. The Balaban J connectivity index is 2.14. The molecule has 0 fully saturated rings. The summed E-state index contributed by atoms with van der Waals surface area (Å²) in [5, 5.41) is 10.1. The fourth-order valence-electron chi connectivity index (χ4n) is 1.55. The zero-order valence-corrected chi connectivity index (χ0v) is 11.9. The van der Waals surface area contributed by atoms with Gasteiger partial charge in [-0.05, 0) is 13.0 Å². The Morgan fingerprint density at radius 1 is 1.29 bits per heavy atom. The number of nitrogens with one attached hydrogen (secondary N) is 2. The van der Waals surface area contributed by atoms with Crippen molar-refractivity contribution in [2.45, 2.75) is 13.3 Å². The molecule has 0 aliphatic carbocycles. The largest absolute Gasteiger partial charge is 0.469 e. The number of anilines is 2. The minimum Gasteiger partial charge on any atom is -0.469 e. The standard InChI is InChI=1S/C12H17N7O2/c1-3-13-10-16-11(14-7-5-9(20)21-2)18-12(17-10)19-8-4-6-15-19/h4,6,8H,3,5,7H2,1-2H3,(H2,13,14,16,17,18). The Hall–Kier alpha value is -2.71. The molecule has 0 aliphatic heterocycles. The quantitative estimate of drug-likeness (QED) is 0.709. The van der Waals surface area contributed by atoms with Crippen LogP contribution in [0.15, 0.2) is 18.5 Å². The van der Waals surface area contributed by atoms with Crippen LogP contribution in [-0.2, 0) is 9.53 Å². The lowest BCUT2D eigenvalue weighted by Gasteiger charge is -2.09. The number of carbonyl (C=O) groups is 1. The van der Waals surface area contributed by atoms with E-state index in [-0.39, 0.29) is 12.4 Å². The van der Waals surface area contributed by atoms with Crippen LogP contribution >= 0.6 is 0 Å². The molecule has 2 aromatic rings. The normalized spacial score (nSPS) is 10.2. The lowest BCUT2D eigenvalue weighted by Crippen LogP contribution is -2.15. The molecule has 0 aromatic carbocycles. The molecule has 0 saturated heterocycles. The lowest BCUT2D eigenvalue weighted by molar-refractivity contribution is -0.140. The van der Waals surface area contributed by atoms with Gasteiger partial charge in [0.2, 0.25) is 11.9 Å². The Bertz CT molecular complexity index is 585. The average Bonchev–Trinajstić information content (AvgIpc) is 3.01. The zero-order valence-electron chi connectivity index (χ0n) is 11.9. The predicted molar refractivity (Wildman–Crippen MR) is 76.2 cm³/mol. The smallest absolute Gasteiger partial charge is 0.307 e. The minimum absolute atomic E-state index is 0.232. The number of aromatic nitrogens is 5. The van der Waals surface area contributed by atoms with Crippen molar-refractivity contribution >= 4 is 17.9 Å². The van der Waals surface area contributed by atoms with Gasteiger partial charge in [-0.25, -0.2) is 4.68 Å². The molecule has 0 bridgehead atoms. The number of hydrogen-bond acceptors (Lipinski definition) is 8. The van der Waals surface area contributed by atoms with Gasteiger partial charge in [0.25, 0.3) is 5.95 Å². The van der Waals surface area contributed by atoms with Gasteiger partial charge in [-0.1, -0.05) is 0 Å². The van der Waals surface area contributed by atoms with Crippen molar-refractivity contribution in [1.82, 2.24) is 24.7 Å². The second-order valence-corrected chi connectivity index (χ2v) is 4.02. The molecule has 0 saturated carbocycles. The summed E-state index contributed by atoms with van der Waals surface area (Å²) >= 11 is 0. The van der Waals surface area contributed by atoms with Gasteiger partial charge < -0.3 is 15.4 Å². The molecule has 2 heterocycles. The molecule has 2 N–H and O–H groups in total. The third-order valence-corrected chi connectivity index (χ3v) is 2.51. The van der Waals surface area contributed by atoms with Gasteiger partial charge in [0, 0.05) is 25.5 Å². The van der Waals surface area contributed by atoms with E-state index in [1.807, 2.05) is 6.92 Å². The molecule has 0 spiro atoms. The molecule has 0 aliphatic rings. The maximum atomic E-state index is 11.1. The summed E-state index contributed by atoms with van der Waals surface area (Å²) < 4.78 is 6.11. The Kier molecular flexibility index (Phi) is 5.02. The lowest BCUT2D eigenvalue weighted by atomic mass is 10.4. The van der Waals surface area contributed by atoms with E-state index < -0.39 is 0 Å². The van der Waals surface area contributed by atoms with Crippen molar-refractivity contribution in [1.29, 1.82) is 0 Å². The zero-order chi connectivity index (χ0) is 15.1. The summed E-state index contributed by atoms with van der Waals surface area (Å²) in [6.45, 7) is 3.01. The number of rotatable bonds is 7. The second-order valence-electron chi connectivity index (χ2n) is 4.02. The van der Waals surface area contributed by atoms with Crippen LogP contribution < -0.4 is 10.6 Å². The molecule has 9 heteroatoms. The van der Waals surface area contributed by atoms with E-state index in [9.17, 15) is 4.79 Å². The summed E-state index contributed by atoms with van der Waals surface area (Å²) in [5.74, 6) is 0.913. The molecule has 0 unspecified atom stereocenters. The van der Waals surface area contributed by atoms with Crippen LogP contribution in [-0.4, -0.2) is 50.9 Å². The first-order chi connectivity index (χ1) is 10.2. The van der Waals surface area contributed by atoms with E-state index in [0.717, 1.165) is 0 Å². The average molecular weight is 291 g/mol. The van der Waals surface area contributed by atoms with Crippen molar-refractivity contribution in [3.05, 3.63) is 18.5 Å². The number of nitrogens with zero attached hydrogens (tertiary/aromatic N) is 5. The van der Waals surface area contributed by atoms with E-state index in [4.69, 9.17) is 0 Å². The summed E-state index contributed by atoms with van der Waals surface area (Å²) in [7, 11) is 1.35. The van der Waals surface area contributed by atoms with Gasteiger partial charge in [0.15, 0.2) is 0 Å². The van der Waals surface area contributed by atoms with E-state index >= 15 is 0 Å². The number of methoxy groups -OCH3 is 1. The number of ether oxygens (including phenoxy) is 1. The molecular weight excluding hydrogens is 274 g/mol. The van der Waals surface area contributed by atoms with E-state index in [2.05, 4.69) is 35.4 Å². The highest BCUT2D eigenvalue weighted by Crippen LogP contribution is 2.08. The van der Waals surface area contributed by atoms with Gasteiger partial charge in [0.05, 0.1) is 13.5 Å². The SMILES string of the molecule is CCNc1nc(NCCC(=O)OC)nc(-n2cccn2)n1. The van der Waals surface area contributed by atoms with Gasteiger partial charge >= 0.3 is 5.97 Å². The molecule has 0 atom stereocenters. The van der Waals surface area contributed by atoms with Gasteiger partial charge in [0.1, 0.15) is 0 Å². The van der Waals surface area contributed by atoms with E-state index in [0.29, 0.717) is 30.9 Å². The van der Waals surface area contributed by atoms with Crippen molar-refractivity contribution in [2.75, 3.05) is 30.8 Å². The van der Waals surface area contributed by atoms with Crippen LogP contribution in [0.1, 0.15) is 13.3 Å². The molecule has 2 aromatic heterocycles. The Morgan fingerprint density at radius 3 is 2.67 bits per heavy atom. The fraction of sp³-hybridized carbons (Fsp3) is 0.417. The van der Waals surface area contributed by atoms with E-state index in [1.165, 1.54) is 11.8 Å². The van der Waals surface area contributed by atoms with Gasteiger partial charge in [-0.15, -0.1) is 0 Å². The Labute approximate surface area is 121 Å². The third kappa shape index (κ3) is 4.13. The molecule has 0 radical (unpaired) electrons. The highest BCUT2D eigenvalue weighted by Gasteiger charge is 2.08. The first-order valence-electron chi connectivity index (χ1n) is 6.53.